The third-order valence-electron chi connectivity index (χ3n) is 9.68. The molecule has 0 aromatic carbocycles. The molecule has 8 atom stereocenters. The molecule has 3 saturated carbocycles. The molecule has 1 heterocycles. The highest BCUT2D eigenvalue weighted by molar-refractivity contribution is 5.96. The SMILES string of the molecule is CC(=O)OCC(=O)[C@H]1CC[C@H]2[C@@H]3CCC4=C/C(=N\OCC(=O)O)CC[C@]4(C)[C@H]3[C@@H]3CC12C(OC(C)=O)O3. The quantitative estimate of drug-likeness (QED) is 0.399. The van der Waals surface area contributed by atoms with Crippen molar-refractivity contribution in [2.75, 3.05) is 13.2 Å². The van der Waals surface area contributed by atoms with Crippen molar-refractivity contribution in [3.05, 3.63) is 11.6 Å². The summed E-state index contributed by atoms with van der Waals surface area (Å²) in [6, 6.07) is 0. The van der Waals surface area contributed by atoms with Crippen molar-refractivity contribution in [2.24, 2.45) is 39.7 Å². The van der Waals surface area contributed by atoms with E-state index >= 15 is 0 Å². The fraction of sp³-hybridized carbons (Fsp3) is 0.741. The Morgan fingerprint density at radius 3 is 2.59 bits per heavy atom. The van der Waals surface area contributed by atoms with Crippen LogP contribution >= 0.6 is 0 Å². The maximum atomic E-state index is 13.3. The highest BCUT2D eigenvalue weighted by atomic mass is 16.7. The second-order valence-corrected chi connectivity index (χ2v) is 11.5. The number of Topliss-reactive ketones (excluding diaryl/α,β-unsaturated/α-hetero) is 1. The number of allylic oxidation sites excluding steroid dienone is 2. The van der Waals surface area contributed by atoms with E-state index < -0.39 is 36.2 Å². The predicted octanol–water partition coefficient (Wildman–Crippen LogP) is 3.03. The minimum atomic E-state index is -1.06. The minimum absolute atomic E-state index is 0.125. The summed E-state index contributed by atoms with van der Waals surface area (Å²) in [5.74, 6) is -1.81. The van der Waals surface area contributed by atoms with Crippen LogP contribution in [0.2, 0.25) is 0 Å². The van der Waals surface area contributed by atoms with Gasteiger partial charge in [-0.1, -0.05) is 17.7 Å². The molecule has 2 unspecified atom stereocenters. The zero-order chi connectivity index (χ0) is 26.5. The third-order valence-corrected chi connectivity index (χ3v) is 9.68. The maximum Gasteiger partial charge on any atom is 0.344 e. The van der Waals surface area contributed by atoms with Gasteiger partial charge in [0.1, 0.15) is 6.61 Å². The van der Waals surface area contributed by atoms with Crippen molar-refractivity contribution in [3.63, 3.8) is 0 Å². The van der Waals surface area contributed by atoms with Crippen LogP contribution < -0.4 is 0 Å². The van der Waals surface area contributed by atoms with Gasteiger partial charge in [-0.2, -0.15) is 0 Å². The Bertz CT molecular complexity index is 1070. The van der Waals surface area contributed by atoms with E-state index in [4.69, 9.17) is 24.2 Å². The molecule has 5 rings (SSSR count). The lowest BCUT2D eigenvalue weighted by Crippen LogP contribution is -2.56. The van der Waals surface area contributed by atoms with E-state index in [0.717, 1.165) is 31.4 Å². The molecule has 2 bridgehead atoms. The van der Waals surface area contributed by atoms with Gasteiger partial charge in [-0.15, -0.1) is 0 Å². The van der Waals surface area contributed by atoms with E-state index in [-0.39, 0.29) is 41.7 Å². The van der Waals surface area contributed by atoms with Crippen molar-refractivity contribution in [1.82, 2.24) is 0 Å². The van der Waals surface area contributed by atoms with Gasteiger partial charge in [0.15, 0.2) is 5.78 Å². The summed E-state index contributed by atoms with van der Waals surface area (Å²) in [5.41, 5.74) is 1.28. The highest BCUT2D eigenvalue weighted by Gasteiger charge is 2.72. The summed E-state index contributed by atoms with van der Waals surface area (Å²) in [5, 5.41) is 12.9. The number of aliphatic carboxylic acids is 1. The van der Waals surface area contributed by atoms with Crippen molar-refractivity contribution < 1.29 is 43.3 Å². The number of hydrogen-bond acceptors (Lipinski definition) is 9. The van der Waals surface area contributed by atoms with E-state index in [9.17, 15) is 19.2 Å². The number of hydrogen-bond donors (Lipinski definition) is 1. The molecule has 37 heavy (non-hydrogen) atoms. The molecule has 202 valence electrons. The third kappa shape index (κ3) is 4.27. The molecular formula is C27H35NO9. The topological polar surface area (TPSA) is 138 Å². The molecule has 0 aromatic heterocycles. The van der Waals surface area contributed by atoms with Crippen LogP contribution in [0.3, 0.4) is 0 Å². The van der Waals surface area contributed by atoms with Gasteiger partial charge in [0.05, 0.1) is 11.8 Å². The first-order valence-corrected chi connectivity index (χ1v) is 13.2. The lowest BCUT2D eigenvalue weighted by Gasteiger charge is -2.57. The number of carbonyl (C=O) groups excluding carboxylic acids is 3. The number of rotatable bonds is 7. The fourth-order valence-electron chi connectivity index (χ4n) is 8.48. The first kappa shape index (κ1) is 25.9. The number of carbonyl (C=O) groups is 4. The number of fused-ring (bicyclic) bond motifs is 6. The standard InChI is InChI=1S/C27H35NO9/c1-14(29)34-12-21(31)20-7-6-19-18-5-4-16-10-17(28-35-13-23(32)33)8-9-26(16,3)24(18)22-11-27(19,20)25(37-22)36-15(2)30/h10,18-20,22,24-25H,4-9,11-13H2,1-3H3,(H,32,33)/b28-17-/t18-,19-,20+,22-,24+,25?,26-,27?/m0/s1. The molecule has 1 N–H and O–H groups in total. The molecule has 4 fully saturated rings. The van der Waals surface area contributed by atoms with Crippen LogP contribution in [0.4, 0.5) is 0 Å². The lowest BCUT2D eigenvalue weighted by atomic mass is 9.46. The smallest absolute Gasteiger partial charge is 0.344 e. The Labute approximate surface area is 215 Å². The number of oxime groups is 1. The Morgan fingerprint density at radius 1 is 1.11 bits per heavy atom. The number of ketones is 1. The maximum absolute atomic E-state index is 13.3. The molecule has 0 amide bonds. The number of esters is 2. The van der Waals surface area contributed by atoms with Crippen LogP contribution in [0.15, 0.2) is 16.8 Å². The largest absolute Gasteiger partial charge is 0.479 e. The van der Waals surface area contributed by atoms with Gasteiger partial charge in [0.25, 0.3) is 0 Å². The Balaban J connectivity index is 1.45. The van der Waals surface area contributed by atoms with Gasteiger partial charge in [0, 0.05) is 25.2 Å². The average molecular weight is 518 g/mol. The van der Waals surface area contributed by atoms with Gasteiger partial charge in [-0.05, 0) is 74.2 Å². The molecule has 0 aromatic rings. The average Bonchev–Trinajstić information content (AvgIpc) is 3.36. The van der Waals surface area contributed by atoms with Crippen LogP contribution in [0, 0.1) is 34.5 Å². The minimum Gasteiger partial charge on any atom is -0.479 e. The summed E-state index contributed by atoms with van der Waals surface area (Å²) < 4.78 is 17.4. The number of carboxylic acids is 1. The molecule has 1 saturated heterocycles. The van der Waals surface area contributed by atoms with Gasteiger partial charge in [0.2, 0.25) is 12.9 Å². The molecule has 1 aliphatic heterocycles. The van der Waals surface area contributed by atoms with Crippen LogP contribution in [-0.2, 0) is 38.2 Å². The molecule has 10 nitrogen and oxygen atoms in total. The van der Waals surface area contributed by atoms with Crippen molar-refractivity contribution >= 4 is 29.4 Å². The van der Waals surface area contributed by atoms with Crippen LogP contribution in [-0.4, -0.2) is 60.1 Å². The Kier molecular flexibility index (Phi) is 6.66. The van der Waals surface area contributed by atoms with Crippen LogP contribution in [0.1, 0.15) is 65.7 Å². The Morgan fingerprint density at radius 2 is 1.89 bits per heavy atom. The van der Waals surface area contributed by atoms with Crippen LogP contribution in [0.5, 0.6) is 0 Å². The van der Waals surface area contributed by atoms with Crippen molar-refractivity contribution in [2.45, 2.75) is 78.1 Å². The summed E-state index contributed by atoms with van der Waals surface area (Å²) >= 11 is 0. The zero-order valence-corrected chi connectivity index (χ0v) is 21.6. The van der Waals surface area contributed by atoms with Crippen molar-refractivity contribution in [3.8, 4) is 0 Å². The van der Waals surface area contributed by atoms with Gasteiger partial charge >= 0.3 is 17.9 Å². The molecule has 5 aliphatic rings. The highest BCUT2D eigenvalue weighted by Crippen LogP contribution is 2.71. The lowest BCUT2D eigenvalue weighted by molar-refractivity contribution is -0.198. The van der Waals surface area contributed by atoms with E-state index in [1.165, 1.54) is 19.4 Å². The fourth-order valence-corrected chi connectivity index (χ4v) is 8.48. The summed E-state index contributed by atoms with van der Waals surface area (Å²) in [7, 11) is 0. The van der Waals surface area contributed by atoms with Gasteiger partial charge in [-0.3, -0.25) is 14.4 Å². The normalized spacial score (nSPS) is 40.6. The van der Waals surface area contributed by atoms with E-state index in [1.54, 1.807) is 0 Å². The van der Waals surface area contributed by atoms with Crippen molar-refractivity contribution in [1.29, 1.82) is 0 Å². The molecule has 0 radical (unpaired) electrons. The van der Waals surface area contributed by atoms with E-state index in [0.29, 0.717) is 25.2 Å². The number of nitrogens with zero attached hydrogens (tertiary/aromatic N) is 1. The molecule has 10 heteroatoms. The van der Waals surface area contributed by atoms with Crippen LogP contribution in [0.25, 0.3) is 0 Å². The molecule has 4 aliphatic carbocycles. The van der Waals surface area contributed by atoms with Gasteiger partial charge in [-0.25, -0.2) is 4.79 Å². The molecule has 1 spiro atoms. The monoisotopic (exact) mass is 517 g/mol. The number of carboxylic acid groups (broad SMARTS) is 1. The Hall–Kier alpha value is -2.75. The zero-order valence-electron chi connectivity index (χ0n) is 21.6. The molecular weight excluding hydrogens is 482 g/mol. The predicted molar refractivity (Wildman–Crippen MR) is 128 cm³/mol. The second kappa shape index (κ2) is 9.53. The first-order chi connectivity index (χ1) is 17.6. The summed E-state index contributed by atoms with van der Waals surface area (Å²) in [6.07, 6.45) is 6.56. The van der Waals surface area contributed by atoms with Gasteiger partial charge < -0.3 is 24.2 Å². The van der Waals surface area contributed by atoms with E-state index in [1.807, 2.05) is 0 Å². The summed E-state index contributed by atoms with van der Waals surface area (Å²) in [6.45, 7) is 4.20. The summed E-state index contributed by atoms with van der Waals surface area (Å²) in [4.78, 5) is 52.5. The number of ether oxygens (including phenoxy) is 3. The second-order valence-electron chi connectivity index (χ2n) is 11.5. The van der Waals surface area contributed by atoms with E-state index in [2.05, 4.69) is 18.2 Å². The first-order valence-electron chi connectivity index (χ1n) is 13.2.